The number of aromatic nitrogens is 1. The Morgan fingerprint density at radius 3 is 2.93 bits per heavy atom. The molecule has 3 nitrogen and oxygen atoms in total. The highest BCUT2D eigenvalue weighted by atomic mass is 14.9. The van der Waals surface area contributed by atoms with E-state index in [9.17, 15) is 0 Å². The molecule has 0 amide bonds. The van der Waals surface area contributed by atoms with Gasteiger partial charge in [-0.1, -0.05) is 0 Å². The fourth-order valence-electron chi connectivity index (χ4n) is 2.15. The van der Waals surface area contributed by atoms with E-state index in [0.717, 1.165) is 12.5 Å². The molecule has 3 heteroatoms. The SMILES string of the molecule is CC(NCC1CCNCC1)c1ccc[nH]1. The third-order valence-electron chi connectivity index (χ3n) is 3.26. The van der Waals surface area contributed by atoms with Gasteiger partial charge in [0.1, 0.15) is 0 Å². The Bertz CT molecular complexity index is 262. The van der Waals surface area contributed by atoms with E-state index in [1.54, 1.807) is 0 Å². The van der Waals surface area contributed by atoms with Crippen molar-refractivity contribution >= 4 is 0 Å². The first kappa shape index (κ1) is 10.7. The molecule has 0 aromatic carbocycles. The number of hydrogen-bond acceptors (Lipinski definition) is 2. The lowest BCUT2D eigenvalue weighted by Gasteiger charge is -2.24. The smallest absolute Gasteiger partial charge is 0.0444 e. The molecule has 0 bridgehead atoms. The van der Waals surface area contributed by atoms with Crippen LogP contribution in [0.2, 0.25) is 0 Å². The number of H-pyrrole nitrogens is 1. The summed E-state index contributed by atoms with van der Waals surface area (Å²) in [6, 6.07) is 4.63. The molecule has 3 N–H and O–H groups in total. The molecule has 1 fully saturated rings. The minimum Gasteiger partial charge on any atom is -0.364 e. The summed E-state index contributed by atoms with van der Waals surface area (Å²) >= 11 is 0. The van der Waals surface area contributed by atoms with Gasteiger partial charge in [0, 0.05) is 17.9 Å². The second-order valence-electron chi connectivity index (χ2n) is 4.45. The van der Waals surface area contributed by atoms with Crippen LogP contribution in [0.3, 0.4) is 0 Å². The Balaban J connectivity index is 1.73. The zero-order valence-corrected chi connectivity index (χ0v) is 9.42. The van der Waals surface area contributed by atoms with Gasteiger partial charge in [-0.25, -0.2) is 0 Å². The number of aromatic amines is 1. The second kappa shape index (κ2) is 5.33. The standard InChI is InChI=1S/C12H21N3/c1-10(12-3-2-6-14-12)15-9-11-4-7-13-8-5-11/h2-3,6,10-11,13-15H,4-5,7-9H2,1H3. The molecule has 2 rings (SSSR count). The molecule has 0 saturated carbocycles. The zero-order valence-electron chi connectivity index (χ0n) is 9.42. The number of hydrogen-bond donors (Lipinski definition) is 3. The van der Waals surface area contributed by atoms with Crippen LogP contribution >= 0.6 is 0 Å². The Kier molecular flexibility index (Phi) is 3.80. The first-order chi connectivity index (χ1) is 7.36. The van der Waals surface area contributed by atoms with Gasteiger partial charge in [0.15, 0.2) is 0 Å². The van der Waals surface area contributed by atoms with E-state index in [4.69, 9.17) is 0 Å². The van der Waals surface area contributed by atoms with Crippen molar-refractivity contribution in [2.45, 2.75) is 25.8 Å². The molecule has 0 aliphatic carbocycles. The summed E-state index contributed by atoms with van der Waals surface area (Å²) in [7, 11) is 0. The lowest BCUT2D eigenvalue weighted by atomic mass is 9.98. The number of rotatable bonds is 4. The van der Waals surface area contributed by atoms with Crippen LogP contribution in [-0.4, -0.2) is 24.6 Å². The van der Waals surface area contributed by atoms with Crippen LogP contribution in [0.15, 0.2) is 18.3 Å². The molecule has 1 saturated heterocycles. The highest BCUT2D eigenvalue weighted by Gasteiger charge is 2.14. The van der Waals surface area contributed by atoms with Crippen molar-refractivity contribution in [3.63, 3.8) is 0 Å². The molecule has 1 aliphatic heterocycles. The predicted octanol–water partition coefficient (Wildman–Crippen LogP) is 1.66. The number of piperidine rings is 1. The maximum Gasteiger partial charge on any atom is 0.0444 e. The van der Waals surface area contributed by atoms with Gasteiger partial charge in [-0.05, 0) is 57.5 Å². The van der Waals surface area contributed by atoms with Crippen molar-refractivity contribution < 1.29 is 0 Å². The van der Waals surface area contributed by atoms with Crippen LogP contribution in [0.5, 0.6) is 0 Å². The van der Waals surface area contributed by atoms with Gasteiger partial charge in [0.05, 0.1) is 0 Å². The largest absolute Gasteiger partial charge is 0.364 e. The van der Waals surface area contributed by atoms with Crippen molar-refractivity contribution in [1.29, 1.82) is 0 Å². The third kappa shape index (κ3) is 3.08. The highest BCUT2D eigenvalue weighted by Crippen LogP contribution is 2.13. The van der Waals surface area contributed by atoms with Crippen LogP contribution in [-0.2, 0) is 0 Å². The highest BCUT2D eigenvalue weighted by molar-refractivity contribution is 5.07. The summed E-state index contributed by atoms with van der Waals surface area (Å²) < 4.78 is 0. The molecule has 2 heterocycles. The summed E-state index contributed by atoms with van der Waals surface area (Å²) in [6.07, 6.45) is 4.60. The number of nitrogens with one attached hydrogen (secondary N) is 3. The minimum absolute atomic E-state index is 0.440. The summed E-state index contributed by atoms with van der Waals surface area (Å²) in [4.78, 5) is 3.25. The van der Waals surface area contributed by atoms with Gasteiger partial charge in [-0.3, -0.25) is 0 Å². The Morgan fingerprint density at radius 1 is 1.47 bits per heavy atom. The summed E-state index contributed by atoms with van der Waals surface area (Å²) in [5.74, 6) is 0.851. The van der Waals surface area contributed by atoms with Crippen LogP contribution in [0, 0.1) is 5.92 Å². The van der Waals surface area contributed by atoms with Gasteiger partial charge in [-0.15, -0.1) is 0 Å². The monoisotopic (exact) mass is 207 g/mol. The zero-order chi connectivity index (χ0) is 10.5. The van der Waals surface area contributed by atoms with E-state index in [2.05, 4.69) is 34.7 Å². The van der Waals surface area contributed by atoms with Crippen molar-refractivity contribution in [3.05, 3.63) is 24.0 Å². The van der Waals surface area contributed by atoms with Gasteiger partial charge in [0.2, 0.25) is 0 Å². The molecule has 15 heavy (non-hydrogen) atoms. The van der Waals surface area contributed by atoms with Crippen LogP contribution < -0.4 is 10.6 Å². The quantitative estimate of drug-likeness (QED) is 0.703. The molecule has 1 unspecified atom stereocenters. The average Bonchev–Trinajstić information content (AvgIpc) is 2.81. The maximum absolute atomic E-state index is 3.60. The first-order valence-electron chi connectivity index (χ1n) is 5.93. The van der Waals surface area contributed by atoms with E-state index in [0.29, 0.717) is 6.04 Å². The molecule has 1 atom stereocenters. The van der Waals surface area contributed by atoms with Crippen LogP contribution in [0.4, 0.5) is 0 Å². The van der Waals surface area contributed by atoms with E-state index < -0.39 is 0 Å². The molecule has 0 spiro atoms. The summed E-state index contributed by atoms with van der Waals surface area (Å²) in [5.41, 5.74) is 1.28. The third-order valence-corrected chi connectivity index (χ3v) is 3.26. The lowest BCUT2D eigenvalue weighted by Crippen LogP contribution is -2.34. The normalized spacial score (nSPS) is 20.3. The fourth-order valence-corrected chi connectivity index (χ4v) is 2.15. The molecule has 1 aromatic rings. The lowest BCUT2D eigenvalue weighted by molar-refractivity contribution is 0.344. The summed E-state index contributed by atoms with van der Waals surface area (Å²) in [6.45, 7) is 5.72. The molecular weight excluding hydrogens is 186 g/mol. The fraction of sp³-hybridized carbons (Fsp3) is 0.667. The first-order valence-corrected chi connectivity index (χ1v) is 5.93. The second-order valence-corrected chi connectivity index (χ2v) is 4.45. The average molecular weight is 207 g/mol. The molecule has 1 aromatic heterocycles. The van der Waals surface area contributed by atoms with E-state index in [1.807, 2.05) is 6.20 Å². The minimum atomic E-state index is 0.440. The van der Waals surface area contributed by atoms with Crippen molar-refractivity contribution in [2.75, 3.05) is 19.6 Å². The van der Waals surface area contributed by atoms with Gasteiger partial charge in [-0.2, -0.15) is 0 Å². The van der Waals surface area contributed by atoms with Crippen molar-refractivity contribution in [2.24, 2.45) is 5.92 Å². The Morgan fingerprint density at radius 2 is 2.27 bits per heavy atom. The van der Waals surface area contributed by atoms with Crippen molar-refractivity contribution in [1.82, 2.24) is 15.6 Å². The van der Waals surface area contributed by atoms with Gasteiger partial charge >= 0.3 is 0 Å². The molecular formula is C12H21N3. The van der Waals surface area contributed by atoms with Gasteiger partial charge in [0.25, 0.3) is 0 Å². The topological polar surface area (TPSA) is 39.8 Å². The van der Waals surface area contributed by atoms with E-state index >= 15 is 0 Å². The predicted molar refractivity (Wildman–Crippen MR) is 62.8 cm³/mol. The van der Waals surface area contributed by atoms with Crippen molar-refractivity contribution in [3.8, 4) is 0 Å². The van der Waals surface area contributed by atoms with E-state index in [-0.39, 0.29) is 0 Å². The molecule has 0 radical (unpaired) electrons. The molecule has 1 aliphatic rings. The molecule has 84 valence electrons. The van der Waals surface area contributed by atoms with Crippen LogP contribution in [0.25, 0.3) is 0 Å². The van der Waals surface area contributed by atoms with Crippen LogP contribution in [0.1, 0.15) is 31.5 Å². The van der Waals surface area contributed by atoms with Gasteiger partial charge < -0.3 is 15.6 Å². The Hall–Kier alpha value is -0.800. The summed E-state index contributed by atoms with van der Waals surface area (Å²) in [5, 5.41) is 6.99. The Labute approximate surface area is 91.7 Å². The maximum atomic E-state index is 3.60. The van der Waals surface area contributed by atoms with E-state index in [1.165, 1.54) is 31.6 Å².